The number of piperazine rings is 1. The van der Waals surface area contributed by atoms with Gasteiger partial charge in [0.2, 0.25) is 0 Å². The molecule has 0 aromatic heterocycles. The van der Waals surface area contributed by atoms with Crippen LogP contribution in [0, 0.1) is 5.92 Å². The van der Waals surface area contributed by atoms with E-state index in [0.717, 1.165) is 58.0 Å². The highest BCUT2D eigenvalue weighted by molar-refractivity contribution is 5.51. The molecular formula is C24H32N4O. The molecule has 2 saturated heterocycles. The summed E-state index contributed by atoms with van der Waals surface area (Å²) in [5.74, 6) is 1.60. The highest BCUT2D eigenvalue weighted by Gasteiger charge is 2.40. The molecular weight excluding hydrogens is 360 g/mol. The van der Waals surface area contributed by atoms with Gasteiger partial charge in [-0.05, 0) is 55.1 Å². The summed E-state index contributed by atoms with van der Waals surface area (Å²) in [4.78, 5) is 5.05. The standard InChI is InChI=1S/C24H32N4O/c25-16-18-8-11-28(17-18)23-14-19-4-1-2-7-22(19)24(23)29-21-6-3-5-20(15-21)27-12-9-26-10-13-27/h1-7,15,18,23-24,26H,8-14,16-17,25H2/t18?,23-,24-/m1/s1. The average Bonchev–Trinajstić information content (AvgIpc) is 3.40. The van der Waals surface area contributed by atoms with E-state index >= 15 is 0 Å². The first-order valence-electron chi connectivity index (χ1n) is 11.1. The first kappa shape index (κ1) is 18.9. The summed E-state index contributed by atoms with van der Waals surface area (Å²) in [6, 6.07) is 17.8. The van der Waals surface area contributed by atoms with Gasteiger partial charge in [-0.25, -0.2) is 0 Å². The number of nitrogens with zero attached hydrogens (tertiary/aromatic N) is 2. The highest BCUT2D eigenvalue weighted by atomic mass is 16.5. The van der Waals surface area contributed by atoms with Crippen LogP contribution in [0.1, 0.15) is 23.7 Å². The van der Waals surface area contributed by atoms with Crippen molar-refractivity contribution in [3.63, 3.8) is 0 Å². The molecule has 5 rings (SSSR count). The number of benzene rings is 2. The Kier molecular flexibility index (Phi) is 5.44. The number of hydrogen-bond donors (Lipinski definition) is 2. The monoisotopic (exact) mass is 392 g/mol. The van der Waals surface area contributed by atoms with Gasteiger partial charge in [-0.1, -0.05) is 30.3 Å². The maximum Gasteiger partial charge on any atom is 0.140 e. The van der Waals surface area contributed by atoms with Crippen LogP contribution in [0.4, 0.5) is 5.69 Å². The lowest BCUT2D eigenvalue weighted by atomic mass is 10.1. The molecule has 0 saturated carbocycles. The van der Waals surface area contributed by atoms with Gasteiger partial charge in [0.25, 0.3) is 0 Å². The van der Waals surface area contributed by atoms with Crippen molar-refractivity contribution in [2.75, 3.05) is 50.7 Å². The lowest BCUT2D eigenvalue weighted by Gasteiger charge is -2.32. The summed E-state index contributed by atoms with van der Waals surface area (Å²) in [6.45, 7) is 7.19. The summed E-state index contributed by atoms with van der Waals surface area (Å²) < 4.78 is 6.71. The SMILES string of the molecule is NCC1CCN([C@@H]2Cc3ccccc3[C@H]2Oc2cccc(N3CCNCC3)c2)C1. The number of rotatable bonds is 5. The Morgan fingerprint density at radius 3 is 2.72 bits per heavy atom. The molecule has 5 nitrogen and oxygen atoms in total. The molecule has 3 N–H and O–H groups in total. The zero-order valence-corrected chi connectivity index (χ0v) is 17.1. The molecule has 2 aromatic rings. The van der Waals surface area contributed by atoms with E-state index in [1.165, 1.54) is 23.2 Å². The minimum atomic E-state index is 0.0843. The first-order valence-corrected chi connectivity index (χ1v) is 11.1. The summed E-state index contributed by atoms with van der Waals surface area (Å²) in [7, 11) is 0. The van der Waals surface area contributed by atoms with E-state index in [0.29, 0.717) is 12.0 Å². The van der Waals surface area contributed by atoms with E-state index in [4.69, 9.17) is 10.5 Å². The molecule has 0 bridgehead atoms. The number of likely N-dealkylation sites (tertiary alicyclic amines) is 1. The van der Waals surface area contributed by atoms with Crippen molar-refractivity contribution >= 4 is 5.69 Å². The van der Waals surface area contributed by atoms with Crippen LogP contribution in [-0.2, 0) is 6.42 Å². The number of nitrogens with two attached hydrogens (primary N) is 1. The molecule has 2 aromatic carbocycles. The van der Waals surface area contributed by atoms with Crippen LogP contribution in [-0.4, -0.2) is 56.8 Å². The second-order valence-electron chi connectivity index (χ2n) is 8.63. The molecule has 3 atom stereocenters. The van der Waals surface area contributed by atoms with Gasteiger partial charge >= 0.3 is 0 Å². The van der Waals surface area contributed by atoms with Crippen molar-refractivity contribution in [3.05, 3.63) is 59.7 Å². The normalized spacial score (nSPS) is 27.2. The largest absolute Gasteiger partial charge is 0.484 e. The van der Waals surface area contributed by atoms with Crippen LogP contribution < -0.4 is 20.7 Å². The highest BCUT2D eigenvalue weighted by Crippen LogP contribution is 2.40. The Balaban J connectivity index is 1.39. The van der Waals surface area contributed by atoms with Gasteiger partial charge in [-0.15, -0.1) is 0 Å². The third-order valence-electron chi connectivity index (χ3n) is 6.82. The summed E-state index contributed by atoms with van der Waals surface area (Å²) in [5.41, 5.74) is 9.99. The second-order valence-corrected chi connectivity index (χ2v) is 8.63. The van der Waals surface area contributed by atoms with Crippen LogP contribution in [0.3, 0.4) is 0 Å². The molecule has 154 valence electrons. The summed E-state index contributed by atoms with van der Waals surface area (Å²) >= 11 is 0. The second kappa shape index (κ2) is 8.34. The van der Waals surface area contributed by atoms with Gasteiger partial charge < -0.3 is 20.7 Å². The van der Waals surface area contributed by atoms with E-state index in [1.807, 2.05) is 0 Å². The van der Waals surface area contributed by atoms with Gasteiger partial charge in [-0.3, -0.25) is 4.90 Å². The number of hydrogen-bond acceptors (Lipinski definition) is 5. The van der Waals surface area contributed by atoms with E-state index in [2.05, 4.69) is 63.6 Å². The Morgan fingerprint density at radius 1 is 1.03 bits per heavy atom. The molecule has 5 heteroatoms. The Morgan fingerprint density at radius 2 is 1.90 bits per heavy atom. The molecule has 29 heavy (non-hydrogen) atoms. The van der Waals surface area contributed by atoms with Crippen molar-refractivity contribution in [1.29, 1.82) is 0 Å². The molecule has 2 heterocycles. The lowest BCUT2D eigenvalue weighted by Crippen LogP contribution is -2.43. The van der Waals surface area contributed by atoms with Crippen LogP contribution in [0.15, 0.2) is 48.5 Å². The number of ether oxygens (including phenoxy) is 1. The van der Waals surface area contributed by atoms with Gasteiger partial charge in [0.05, 0.1) is 6.04 Å². The molecule has 0 spiro atoms. The molecule has 2 aliphatic heterocycles. The van der Waals surface area contributed by atoms with Crippen molar-refractivity contribution in [3.8, 4) is 5.75 Å². The average molecular weight is 393 g/mol. The zero-order chi connectivity index (χ0) is 19.6. The Labute approximate surface area is 173 Å². The third kappa shape index (κ3) is 3.87. The van der Waals surface area contributed by atoms with Crippen LogP contribution >= 0.6 is 0 Å². The maximum atomic E-state index is 6.71. The van der Waals surface area contributed by atoms with Crippen molar-refractivity contribution in [1.82, 2.24) is 10.2 Å². The lowest BCUT2D eigenvalue weighted by molar-refractivity contribution is 0.0917. The van der Waals surface area contributed by atoms with Crippen LogP contribution in [0.5, 0.6) is 5.75 Å². The van der Waals surface area contributed by atoms with E-state index in [9.17, 15) is 0 Å². The summed E-state index contributed by atoms with van der Waals surface area (Å²) in [5, 5.41) is 3.43. The predicted octanol–water partition coefficient (Wildman–Crippen LogP) is 2.42. The van der Waals surface area contributed by atoms with Gasteiger partial charge in [-0.2, -0.15) is 0 Å². The predicted molar refractivity (Wildman–Crippen MR) is 118 cm³/mol. The van der Waals surface area contributed by atoms with Crippen LogP contribution in [0.25, 0.3) is 0 Å². The van der Waals surface area contributed by atoms with E-state index in [1.54, 1.807) is 0 Å². The van der Waals surface area contributed by atoms with Crippen LogP contribution in [0.2, 0.25) is 0 Å². The van der Waals surface area contributed by atoms with E-state index in [-0.39, 0.29) is 6.10 Å². The van der Waals surface area contributed by atoms with Crippen molar-refractivity contribution < 1.29 is 4.74 Å². The fraction of sp³-hybridized carbons (Fsp3) is 0.500. The van der Waals surface area contributed by atoms with Gasteiger partial charge in [0.15, 0.2) is 0 Å². The van der Waals surface area contributed by atoms with Crippen molar-refractivity contribution in [2.45, 2.75) is 25.0 Å². The van der Waals surface area contributed by atoms with E-state index < -0.39 is 0 Å². The van der Waals surface area contributed by atoms with Gasteiger partial charge in [0, 0.05) is 44.5 Å². The number of nitrogens with one attached hydrogen (secondary N) is 1. The molecule has 0 radical (unpaired) electrons. The fourth-order valence-electron chi connectivity index (χ4n) is 5.18. The maximum absolute atomic E-state index is 6.71. The molecule has 0 amide bonds. The molecule has 3 aliphatic rings. The third-order valence-corrected chi connectivity index (χ3v) is 6.82. The smallest absolute Gasteiger partial charge is 0.140 e. The minimum absolute atomic E-state index is 0.0843. The molecule has 1 unspecified atom stereocenters. The Hall–Kier alpha value is -2.08. The Bertz CT molecular complexity index is 835. The van der Waals surface area contributed by atoms with Crippen molar-refractivity contribution in [2.24, 2.45) is 11.7 Å². The fourth-order valence-corrected chi connectivity index (χ4v) is 5.18. The first-order chi connectivity index (χ1) is 14.3. The molecule has 2 fully saturated rings. The topological polar surface area (TPSA) is 53.8 Å². The van der Waals surface area contributed by atoms with Gasteiger partial charge in [0.1, 0.15) is 11.9 Å². The minimum Gasteiger partial charge on any atom is -0.484 e. The number of fused-ring (bicyclic) bond motifs is 1. The number of anilines is 1. The molecule has 1 aliphatic carbocycles. The summed E-state index contributed by atoms with van der Waals surface area (Å²) in [6.07, 6.45) is 2.35. The zero-order valence-electron chi connectivity index (χ0n) is 17.1. The quantitative estimate of drug-likeness (QED) is 0.819.